The van der Waals surface area contributed by atoms with E-state index in [0.29, 0.717) is 5.91 Å². The quantitative estimate of drug-likeness (QED) is 0.593. The number of nitrogens with one attached hydrogen (secondary N) is 1. The molecule has 3 nitrogen and oxygen atoms in total. The topological polar surface area (TPSA) is 32.3 Å². The lowest BCUT2D eigenvalue weighted by molar-refractivity contribution is -0.135. The first-order valence-electron chi connectivity index (χ1n) is 5.82. The first kappa shape index (κ1) is 15.5. The second kappa shape index (κ2) is 8.59. The van der Waals surface area contributed by atoms with E-state index in [4.69, 9.17) is 0 Å². The summed E-state index contributed by atoms with van der Waals surface area (Å²) in [6.45, 7) is 6.50. The van der Waals surface area contributed by atoms with Crippen LogP contribution < -0.4 is 5.32 Å². The van der Waals surface area contributed by atoms with Crippen LogP contribution in [0.1, 0.15) is 25.7 Å². The van der Waals surface area contributed by atoms with E-state index in [1.54, 1.807) is 0 Å². The standard InChI is InChI=1S/C12H22N2O.ClH/c1-3-4-5-10-14(2)12(15)11-6-8-13-9-7-11;/h3,11,13H,1,4-10H2,2H3;1H. The van der Waals surface area contributed by atoms with Crippen LogP contribution in [0.5, 0.6) is 0 Å². The summed E-state index contributed by atoms with van der Waals surface area (Å²) in [5.74, 6) is 0.570. The first-order valence-corrected chi connectivity index (χ1v) is 5.82. The van der Waals surface area contributed by atoms with Crippen molar-refractivity contribution in [2.75, 3.05) is 26.7 Å². The number of carbonyl (C=O) groups is 1. The fourth-order valence-electron chi connectivity index (χ4n) is 1.96. The van der Waals surface area contributed by atoms with Crippen molar-refractivity contribution >= 4 is 18.3 Å². The Bertz CT molecular complexity index is 215. The maximum absolute atomic E-state index is 12.0. The van der Waals surface area contributed by atoms with Gasteiger partial charge in [-0.15, -0.1) is 19.0 Å². The van der Waals surface area contributed by atoms with Gasteiger partial charge in [-0.1, -0.05) is 6.08 Å². The van der Waals surface area contributed by atoms with Gasteiger partial charge in [-0.3, -0.25) is 4.79 Å². The summed E-state index contributed by atoms with van der Waals surface area (Å²) in [6, 6.07) is 0. The maximum atomic E-state index is 12.0. The Kier molecular flexibility index (Phi) is 8.30. The monoisotopic (exact) mass is 246 g/mol. The maximum Gasteiger partial charge on any atom is 0.225 e. The summed E-state index contributed by atoms with van der Waals surface area (Å²) in [6.07, 6.45) is 5.90. The van der Waals surface area contributed by atoms with Crippen molar-refractivity contribution in [1.29, 1.82) is 0 Å². The minimum absolute atomic E-state index is 0. The number of unbranched alkanes of at least 4 members (excludes halogenated alkanes) is 1. The van der Waals surface area contributed by atoms with Gasteiger partial charge in [0.05, 0.1) is 0 Å². The van der Waals surface area contributed by atoms with E-state index in [9.17, 15) is 4.79 Å². The predicted octanol–water partition coefficient (Wildman–Crippen LogP) is 1.83. The third-order valence-corrected chi connectivity index (χ3v) is 2.97. The van der Waals surface area contributed by atoms with E-state index in [2.05, 4.69) is 11.9 Å². The predicted molar refractivity (Wildman–Crippen MR) is 69.9 cm³/mol. The number of hydrogen-bond donors (Lipinski definition) is 1. The number of carbonyl (C=O) groups excluding carboxylic acids is 1. The Morgan fingerprint density at radius 2 is 2.12 bits per heavy atom. The zero-order chi connectivity index (χ0) is 11.1. The molecular weight excluding hydrogens is 224 g/mol. The van der Waals surface area contributed by atoms with Crippen molar-refractivity contribution < 1.29 is 4.79 Å². The molecule has 1 aliphatic heterocycles. The van der Waals surface area contributed by atoms with E-state index < -0.39 is 0 Å². The van der Waals surface area contributed by atoms with Crippen molar-refractivity contribution in [3.05, 3.63) is 12.7 Å². The van der Waals surface area contributed by atoms with Gasteiger partial charge < -0.3 is 10.2 Å². The number of allylic oxidation sites excluding steroid dienone is 1. The largest absolute Gasteiger partial charge is 0.346 e. The fourth-order valence-corrected chi connectivity index (χ4v) is 1.96. The van der Waals surface area contributed by atoms with Crippen molar-refractivity contribution in [3.8, 4) is 0 Å². The molecule has 0 spiro atoms. The molecule has 0 saturated carbocycles. The smallest absolute Gasteiger partial charge is 0.225 e. The number of hydrogen-bond acceptors (Lipinski definition) is 2. The molecule has 0 unspecified atom stereocenters. The number of amides is 1. The van der Waals surface area contributed by atoms with Gasteiger partial charge in [0.25, 0.3) is 0 Å². The van der Waals surface area contributed by atoms with Gasteiger partial charge in [0.2, 0.25) is 5.91 Å². The molecule has 1 rings (SSSR count). The molecule has 1 fully saturated rings. The average molecular weight is 247 g/mol. The summed E-state index contributed by atoms with van der Waals surface area (Å²) in [5, 5.41) is 3.28. The molecule has 0 aliphatic carbocycles. The van der Waals surface area contributed by atoms with Crippen LogP contribution in [0.15, 0.2) is 12.7 Å². The molecule has 1 N–H and O–H groups in total. The van der Waals surface area contributed by atoms with Gasteiger partial charge in [-0.05, 0) is 38.8 Å². The Morgan fingerprint density at radius 3 is 2.69 bits per heavy atom. The molecule has 4 heteroatoms. The molecule has 1 aliphatic rings. The molecule has 0 radical (unpaired) electrons. The molecule has 0 aromatic heterocycles. The lowest BCUT2D eigenvalue weighted by Crippen LogP contribution is -2.39. The van der Waals surface area contributed by atoms with E-state index in [-0.39, 0.29) is 18.3 Å². The van der Waals surface area contributed by atoms with Crippen molar-refractivity contribution in [1.82, 2.24) is 10.2 Å². The van der Waals surface area contributed by atoms with Crippen LogP contribution in [0.4, 0.5) is 0 Å². The average Bonchev–Trinajstić information content (AvgIpc) is 2.29. The Hall–Kier alpha value is -0.540. The summed E-state index contributed by atoms with van der Waals surface area (Å²) in [7, 11) is 1.91. The van der Waals surface area contributed by atoms with Crippen molar-refractivity contribution in [2.24, 2.45) is 5.92 Å². The Morgan fingerprint density at radius 1 is 1.50 bits per heavy atom. The Balaban J connectivity index is 0.00000225. The summed E-state index contributed by atoms with van der Waals surface area (Å²) < 4.78 is 0. The minimum atomic E-state index is 0. The molecule has 0 atom stereocenters. The van der Waals surface area contributed by atoms with Crippen LogP contribution in [-0.4, -0.2) is 37.5 Å². The second-order valence-corrected chi connectivity index (χ2v) is 4.21. The number of piperidine rings is 1. The van der Waals surface area contributed by atoms with E-state index >= 15 is 0 Å². The molecule has 94 valence electrons. The third kappa shape index (κ3) is 4.99. The third-order valence-electron chi connectivity index (χ3n) is 2.97. The first-order chi connectivity index (χ1) is 7.25. The zero-order valence-electron chi connectivity index (χ0n) is 10.1. The van der Waals surface area contributed by atoms with Crippen LogP contribution >= 0.6 is 12.4 Å². The number of nitrogens with zero attached hydrogens (tertiary/aromatic N) is 1. The zero-order valence-corrected chi connectivity index (χ0v) is 10.9. The van der Waals surface area contributed by atoms with E-state index in [1.165, 1.54) is 0 Å². The molecule has 1 saturated heterocycles. The highest BCUT2D eigenvalue weighted by molar-refractivity contribution is 5.85. The van der Waals surface area contributed by atoms with Crippen molar-refractivity contribution in [3.63, 3.8) is 0 Å². The Labute approximate surface area is 105 Å². The van der Waals surface area contributed by atoms with Gasteiger partial charge in [-0.2, -0.15) is 0 Å². The van der Waals surface area contributed by atoms with E-state index in [1.807, 2.05) is 18.0 Å². The number of rotatable bonds is 5. The minimum Gasteiger partial charge on any atom is -0.346 e. The van der Waals surface area contributed by atoms with Crippen LogP contribution in [0, 0.1) is 5.92 Å². The SMILES string of the molecule is C=CCCCN(C)C(=O)C1CCNCC1.Cl. The molecule has 0 aromatic rings. The summed E-state index contributed by atoms with van der Waals surface area (Å²) >= 11 is 0. The van der Waals surface area contributed by atoms with Crippen LogP contribution in [0.2, 0.25) is 0 Å². The van der Waals surface area contributed by atoms with Gasteiger partial charge in [0.15, 0.2) is 0 Å². The van der Waals surface area contributed by atoms with Crippen LogP contribution in [0.25, 0.3) is 0 Å². The lowest BCUT2D eigenvalue weighted by Gasteiger charge is -2.26. The molecule has 0 bridgehead atoms. The number of halogens is 1. The fraction of sp³-hybridized carbons (Fsp3) is 0.750. The molecule has 0 aromatic carbocycles. The summed E-state index contributed by atoms with van der Waals surface area (Å²) in [4.78, 5) is 13.8. The molecule has 1 amide bonds. The van der Waals surface area contributed by atoms with E-state index in [0.717, 1.165) is 45.3 Å². The summed E-state index contributed by atoms with van der Waals surface area (Å²) in [5.41, 5.74) is 0. The second-order valence-electron chi connectivity index (χ2n) is 4.21. The van der Waals surface area contributed by atoms with Crippen LogP contribution in [0.3, 0.4) is 0 Å². The van der Waals surface area contributed by atoms with Crippen LogP contribution in [-0.2, 0) is 4.79 Å². The highest BCUT2D eigenvalue weighted by Gasteiger charge is 2.23. The van der Waals surface area contributed by atoms with Gasteiger partial charge >= 0.3 is 0 Å². The van der Waals surface area contributed by atoms with Gasteiger partial charge in [-0.25, -0.2) is 0 Å². The molecule has 1 heterocycles. The van der Waals surface area contributed by atoms with Crippen molar-refractivity contribution in [2.45, 2.75) is 25.7 Å². The van der Waals surface area contributed by atoms with Gasteiger partial charge in [0, 0.05) is 19.5 Å². The molecular formula is C12H23ClN2O. The van der Waals surface area contributed by atoms with Gasteiger partial charge in [0.1, 0.15) is 0 Å². The lowest BCUT2D eigenvalue weighted by atomic mass is 9.96. The molecule has 16 heavy (non-hydrogen) atoms. The highest BCUT2D eigenvalue weighted by atomic mass is 35.5. The highest BCUT2D eigenvalue weighted by Crippen LogP contribution is 2.14. The normalized spacial score (nSPS) is 16.3.